The second kappa shape index (κ2) is 8.00. The van der Waals surface area contributed by atoms with Crippen LogP contribution in [0.2, 0.25) is 0 Å². The van der Waals surface area contributed by atoms with E-state index in [1.165, 1.54) is 12.8 Å². The largest absolute Gasteiger partial charge is 0.486 e. The average molecular weight is 372 g/mol. The summed E-state index contributed by atoms with van der Waals surface area (Å²) in [7, 11) is 1.70. The highest BCUT2D eigenvalue weighted by Crippen LogP contribution is 2.35. The van der Waals surface area contributed by atoms with Gasteiger partial charge in [0.25, 0.3) is 5.91 Å². The molecule has 2 atom stereocenters. The number of aromatic nitrogens is 1. The van der Waals surface area contributed by atoms with Crippen LogP contribution in [-0.4, -0.2) is 43.4 Å². The number of hydrogen-bond acceptors (Lipinski definition) is 6. The molecule has 1 N–H and O–H groups in total. The number of amides is 1. The SMILES string of the molecule is CO[C@@H]1CCCCC[C@H]1NC(=O)c1ncoc1-c1ccc2c(c1)OCCO2. The minimum atomic E-state index is -0.248. The first kappa shape index (κ1) is 17.9. The van der Waals surface area contributed by atoms with Crippen LogP contribution in [0, 0.1) is 0 Å². The van der Waals surface area contributed by atoms with Crippen molar-refractivity contribution >= 4 is 5.91 Å². The highest BCUT2D eigenvalue weighted by Gasteiger charge is 2.28. The van der Waals surface area contributed by atoms with Gasteiger partial charge in [0.1, 0.15) is 13.2 Å². The molecule has 144 valence electrons. The normalized spacial score (nSPS) is 22.1. The van der Waals surface area contributed by atoms with E-state index >= 15 is 0 Å². The molecule has 4 rings (SSSR count). The molecule has 7 nitrogen and oxygen atoms in total. The van der Waals surface area contributed by atoms with Crippen LogP contribution in [0.5, 0.6) is 11.5 Å². The Balaban J connectivity index is 1.55. The number of rotatable bonds is 4. The summed E-state index contributed by atoms with van der Waals surface area (Å²) < 4.78 is 22.3. The van der Waals surface area contributed by atoms with Gasteiger partial charge in [0.15, 0.2) is 29.3 Å². The zero-order valence-electron chi connectivity index (χ0n) is 15.4. The van der Waals surface area contributed by atoms with E-state index in [2.05, 4.69) is 10.3 Å². The number of ether oxygens (including phenoxy) is 3. The molecule has 7 heteroatoms. The third-order valence-electron chi connectivity index (χ3n) is 5.16. The summed E-state index contributed by atoms with van der Waals surface area (Å²) in [5.74, 6) is 1.51. The van der Waals surface area contributed by atoms with Crippen LogP contribution in [0.1, 0.15) is 42.6 Å². The molecule has 2 heterocycles. The quantitative estimate of drug-likeness (QED) is 0.830. The molecule has 1 amide bonds. The monoisotopic (exact) mass is 372 g/mol. The molecule has 0 spiro atoms. The fourth-order valence-electron chi connectivity index (χ4n) is 3.75. The standard InChI is InChI=1S/C20H24N2O5/c1-24-15-6-4-2-3-5-14(15)22-20(23)18-19(27-12-21-18)13-7-8-16-17(11-13)26-10-9-25-16/h7-8,11-12,14-15H,2-6,9-10H2,1H3,(H,22,23)/t14-,15-/m1/s1. The molecule has 0 bridgehead atoms. The number of methoxy groups -OCH3 is 1. The van der Waals surface area contributed by atoms with Crippen LogP contribution in [0.25, 0.3) is 11.3 Å². The fraction of sp³-hybridized carbons (Fsp3) is 0.500. The highest BCUT2D eigenvalue weighted by atomic mass is 16.6. The lowest BCUT2D eigenvalue weighted by Gasteiger charge is -2.24. The van der Waals surface area contributed by atoms with E-state index in [0.29, 0.717) is 30.5 Å². The molecular weight excluding hydrogens is 348 g/mol. The van der Waals surface area contributed by atoms with Crippen molar-refractivity contribution in [3.63, 3.8) is 0 Å². The third kappa shape index (κ3) is 3.78. The Hall–Kier alpha value is -2.54. The number of fused-ring (bicyclic) bond motifs is 1. The topological polar surface area (TPSA) is 82.8 Å². The highest BCUT2D eigenvalue weighted by molar-refractivity contribution is 5.98. The lowest BCUT2D eigenvalue weighted by Crippen LogP contribution is -2.43. The van der Waals surface area contributed by atoms with E-state index in [0.717, 1.165) is 31.2 Å². The van der Waals surface area contributed by atoms with Gasteiger partial charge in [-0.2, -0.15) is 0 Å². The molecule has 1 fully saturated rings. The van der Waals surface area contributed by atoms with Gasteiger partial charge in [-0.3, -0.25) is 4.79 Å². The van der Waals surface area contributed by atoms with Gasteiger partial charge in [-0.1, -0.05) is 19.3 Å². The van der Waals surface area contributed by atoms with Crippen molar-refractivity contribution in [1.29, 1.82) is 0 Å². The van der Waals surface area contributed by atoms with Crippen molar-refractivity contribution in [3.8, 4) is 22.8 Å². The molecule has 1 aromatic carbocycles. The lowest BCUT2D eigenvalue weighted by molar-refractivity contribution is 0.0566. The van der Waals surface area contributed by atoms with Crippen molar-refractivity contribution in [2.24, 2.45) is 0 Å². The van der Waals surface area contributed by atoms with Crippen molar-refractivity contribution in [1.82, 2.24) is 10.3 Å². The van der Waals surface area contributed by atoms with Crippen molar-refractivity contribution in [3.05, 3.63) is 30.3 Å². The number of carbonyl (C=O) groups excluding carboxylic acids is 1. The molecule has 1 saturated carbocycles. The Labute approximate surface area is 158 Å². The third-order valence-corrected chi connectivity index (χ3v) is 5.16. The summed E-state index contributed by atoms with van der Waals surface area (Å²) in [6.45, 7) is 1.03. The number of nitrogens with one attached hydrogen (secondary N) is 1. The van der Waals surface area contributed by atoms with Gasteiger partial charge in [-0.15, -0.1) is 0 Å². The zero-order chi connectivity index (χ0) is 18.6. The van der Waals surface area contributed by atoms with Crippen LogP contribution < -0.4 is 14.8 Å². The van der Waals surface area contributed by atoms with Crippen LogP contribution in [-0.2, 0) is 4.74 Å². The van der Waals surface area contributed by atoms with E-state index in [-0.39, 0.29) is 23.7 Å². The first-order valence-corrected chi connectivity index (χ1v) is 9.43. The summed E-state index contributed by atoms with van der Waals surface area (Å²) in [6.07, 6.45) is 6.55. The van der Waals surface area contributed by atoms with Crippen molar-refractivity contribution in [2.45, 2.75) is 44.2 Å². The summed E-state index contributed by atoms with van der Waals surface area (Å²) in [4.78, 5) is 17.0. The molecule has 1 aliphatic heterocycles. The van der Waals surface area contributed by atoms with Gasteiger partial charge in [-0.25, -0.2) is 4.98 Å². The minimum Gasteiger partial charge on any atom is -0.486 e. The van der Waals surface area contributed by atoms with Gasteiger partial charge < -0.3 is 23.9 Å². The first-order valence-electron chi connectivity index (χ1n) is 9.43. The maximum Gasteiger partial charge on any atom is 0.274 e. The number of benzene rings is 1. The molecular formula is C20H24N2O5. The van der Waals surface area contributed by atoms with Crippen LogP contribution in [0.4, 0.5) is 0 Å². The molecule has 0 saturated heterocycles. The summed E-state index contributed by atoms with van der Waals surface area (Å²) in [5.41, 5.74) is 0.997. The Kier molecular flexibility index (Phi) is 5.29. The Morgan fingerprint density at radius 1 is 1.15 bits per heavy atom. The molecule has 2 aliphatic rings. The molecule has 27 heavy (non-hydrogen) atoms. The van der Waals surface area contributed by atoms with E-state index < -0.39 is 0 Å². The summed E-state index contributed by atoms with van der Waals surface area (Å²) >= 11 is 0. The zero-order valence-corrected chi connectivity index (χ0v) is 15.4. The molecule has 1 aliphatic carbocycles. The predicted molar refractivity (Wildman–Crippen MR) is 98.1 cm³/mol. The van der Waals surface area contributed by atoms with Gasteiger partial charge >= 0.3 is 0 Å². The Bertz CT molecular complexity index is 803. The molecule has 2 aromatic rings. The van der Waals surface area contributed by atoms with Crippen LogP contribution >= 0.6 is 0 Å². The second-order valence-corrected chi connectivity index (χ2v) is 6.88. The van der Waals surface area contributed by atoms with Gasteiger partial charge in [0.05, 0.1) is 12.1 Å². The smallest absolute Gasteiger partial charge is 0.274 e. The number of oxazole rings is 1. The van der Waals surface area contributed by atoms with E-state index in [1.807, 2.05) is 18.2 Å². The van der Waals surface area contributed by atoms with Gasteiger partial charge in [-0.05, 0) is 31.0 Å². The number of carbonyl (C=O) groups is 1. The Morgan fingerprint density at radius 3 is 2.81 bits per heavy atom. The summed E-state index contributed by atoms with van der Waals surface area (Å²) in [6, 6.07) is 5.46. The van der Waals surface area contributed by atoms with Crippen LogP contribution in [0.15, 0.2) is 29.0 Å². The van der Waals surface area contributed by atoms with Gasteiger partial charge in [0, 0.05) is 12.7 Å². The maximum atomic E-state index is 12.9. The molecule has 0 unspecified atom stereocenters. The second-order valence-electron chi connectivity index (χ2n) is 6.88. The molecule has 1 aromatic heterocycles. The maximum absolute atomic E-state index is 12.9. The van der Waals surface area contributed by atoms with Gasteiger partial charge in [0.2, 0.25) is 0 Å². The first-order chi connectivity index (χ1) is 13.3. The lowest BCUT2D eigenvalue weighted by atomic mass is 10.0. The van der Waals surface area contributed by atoms with Crippen molar-refractivity contribution in [2.75, 3.05) is 20.3 Å². The summed E-state index contributed by atoms with van der Waals surface area (Å²) in [5, 5.41) is 3.09. The van der Waals surface area contributed by atoms with E-state index in [9.17, 15) is 4.79 Å². The number of hydrogen-bond donors (Lipinski definition) is 1. The fourth-order valence-corrected chi connectivity index (χ4v) is 3.75. The molecule has 0 radical (unpaired) electrons. The minimum absolute atomic E-state index is 0.0187. The van der Waals surface area contributed by atoms with Crippen molar-refractivity contribution < 1.29 is 23.4 Å². The Morgan fingerprint density at radius 2 is 1.96 bits per heavy atom. The average Bonchev–Trinajstić information content (AvgIpc) is 3.09. The number of nitrogens with zero attached hydrogens (tertiary/aromatic N) is 1. The van der Waals surface area contributed by atoms with E-state index in [1.54, 1.807) is 7.11 Å². The van der Waals surface area contributed by atoms with E-state index in [4.69, 9.17) is 18.6 Å². The predicted octanol–water partition coefficient (Wildman–Crippen LogP) is 3.19. The van der Waals surface area contributed by atoms with Crippen LogP contribution in [0.3, 0.4) is 0 Å².